The Morgan fingerprint density at radius 3 is 2.29 bits per heavy atom. The van der Waals surface area contributed by atoms with Crippen LogP contribution in [0, 0.1) is 5.82 Å². The van der Waals surface area contributed by atoms with Crippen molar-refractivity contribution < 1.29 is 18.8 Å². The largest absolute Gasteiger partial charge is 0.350 e. The van der Waals surface area contributed by atoms with Crippen LogP contribution in [0.5, 0.6) is 0 Å². The van der Waals surface area contributed by atoms with E-state index in [0.29, 0.717) is 29.0 Å². The minimum Gasteiger partial charge on any atom is -0.350 e. The lowest BCUT2D eigenvalue weighted by molar-refractivity contribution is -0.120. The maximum Gasteiger partial charge on any atom is 0.283 e. The Kier molecular flexibility index (Phi) is 6.68. The first kappa shape index (κ1) is 23.5. The third-order valence-electron chi connectivity index (χ3n) is 5.23. The molecule has 34 heavy (non-hydrogen) atoms. The van der Waals surface area contributed by atoms with Crippen LogP contribution < -0.4 is 15.5 Å². The third kappa shape index (κ3) is 4.53. The molecule has 3 amide bonds. The summed E-state index contributed by atoms with van der Waals surface area (Å²) in [6.45, 7) is 1.93. The molecule has 9 heteroatoms. The number of hydrogen-bond acceptors (Lipinski definition) is 4. The van der Waals surface area contributed by atoms with Gasteiger partial charge in [-0.25, -0.2) is 9.29 Å². The van der Waals surface area contributed by atoms with Crippen molar-refractivity contribution in [1.82, 2.24) is 0 Å². The van der Waals surface area contributed by atoms with Crippen LogP contribution in [0.1, 0.15) is 22.8 Å². The van der Waals surface area contributed by atoms with Crippen LogP contribution in [0.2, 0.25) is 5.02 Å². The number of benzene rings is 3. The molecule has 0 aromatic heterocycles. The van der Waals surface area contributed by atoms with E-state index in [0.717, 1.165) is 16.5 Å². The molecule has 6 nitrogen and oxygen atoms in total. The van der Waals surface area contributed by atoms with Gasteiger partial charge in [0.25, 0.3) is 17.7 Å². The van der Waals surface area contributed by atoms with Gasteiger partial charge in [-0.15, -0.1) is 0 Å². The number of halogens is 3. The summed E-state index contributed by atoms with van der Waals surface area (Å²) >= 11 is 12.0. The molecule has 0 aliphatic carbocycles. The number of amides is 3. The molecule has 3 aromatic rings. The Balaban J connectivity index is 1.49. The second-order valence-corrected chi connectivity index (χ2v) is 8.19. The SMILES string of the molecule is CCc1ccccc1N1C(=O)C(Cl)=C(Nc2ccc(C(=O)Nc3ccc(F)c(Cl)c3)cc2)C1=O. The number of carbonyl (C=O) groups is 3. The number of rotatable bonds is 6. The molecule has 172 valence electrons. The summed E-state index contributed by atoms with van der Waals surface area (Å²) in [5.74, 6) is -2.18. The van der Waals surface area contributed by atoms with Gasteiger partial charge in [-0.1, -0.05) is 48.3 Å². The zero-order chi connectivity index (χ0) is 24.4. The van der Waals surface area contributed by atoms with E-state index in [-0.39, 0.29) is 15.8 Å². The number of nitrogens with one attached hydrogen (secondary N) is 2. The van der Waals surface area contributed by atoms with Gasteiger partial charge in [0.15, 0.2) is 0 Å². The molecular formula is C25H18Cl2FN3O3. The number of aryl methyl sites for hydroxylation is 1. The minimum atomic E-state index is -0.607. The number of imide groups is 1. The highest BCUT2D eigenvalue weighted by Gasteiger charge is 2.39. The summed E-state index contributed by atoms with van der Waals surface area (Å²) in [7, 11) is 0. The molecule has 0 radical (unpaired) electrons. The zero-order valence-electron chi connectivity index (χ0n) is 17.9. The summed E-state index contributed by atoms with van der Waals surface area (Å²) < 4.78 is 13.3. The number of nitrogens with zero attached hydrogens (tertiary/aromatic N) is 1. The maximum atomic E-state index is 13.3. The lowest BCUT2D eigenvalue weighted by Crippen LogP contribution is -2.33. The van der Waals surface area contributed by atoms with Crippen molar-refractivity contribution in [2.24, 2.45) is 0 Å². The van der Waals surface area contributed by atoms with Gasteiger partial charge in [0.05, 0.1) is 10.7 Å². The van der Waals surface area contributed by atoms with Crippen molar-refractivity contribution in [3.05, 3.63) is 99.4 Å². The minimum absolute atomic E-state index is 0.0456. The molecule has 2 N–H and O–H groups in total. The predicted molar refractivity (Wildman–Crippen MR) is 131 cm³/mol. The summed E-state index contributed by atoms with van der Waals surface area (Å²) in [6.07, 6.45) is 0.640. The van der Waals surface area contributed by atoms with Gasteiger partial charge in [-0.05, 0) is 60.5 Å². The van der Waals surface area contributed by atoms with Crippen LogP contribution in [0.4, 0.5) is 21.5 Å². The molecule has 0 spiro atoms. The molecule has 0 saturated heterocycles. The quantitative estimate of drug-likeness (QED) is 0.426. The van der Waals surface area contributed by atoms with Crippen LogP contribution in [0.25, 0.3) is 0 Å². The lowest BCUT2D eigenvalue weighted by atomic mass is 10.1. The molecule has 4 rings (SSSR count). The molecule has 1 aliphatic rings. The highest BCUT2D eigenvalue weighted by Crippen LogP contribution is 2.32. The fraction of sp³-hybridized carbons (Fsp3) is 0.0800. The Morgan fingerprint density at radius 2 is 1.62 bits per heavy atom. The Bertz CT molecular complexity index is 1340. The van der Waals surface area contributed by atoms with Crippen molar-refractivity contribution in [2.75, 3.05) is 15.5 Å². The van der Waals surface area contributed by atoms with Gasteiger partial charge in [0, 0.05) is 16.9 Å². The van der Waals surface area contributed by atoms with Gasteiger partial charge >= 0.3 is 0 Å². The number of para-hydroxylation sites is 1. The Hall–Kier alpha value is -3.68. The first-order valence-corrected chi connectivity index (χ1v) is 11.1. The molecule has 0 unspecified atom stereocenters. The average molecular weight is 498 g/mol. The van der Waals surface area contributed by atoms with Gasteiger partial charge in [-0.2, -0.15) is 0 Å². The second kappa shape index (κ2) is 9.67. The number of carbonyl (C=O) groups excluding carboxylic acids is 3. The number of hydrogen-bond donors (Lipinski definition) is 2. The van der Waals surface area contributed by atoms with E-state index in [2.05, 4.69) is 10.6 Å². The monoisotopic (exact) mass is 497 g/mol. The van der Waals surface area contributed by atoms with Crippen molar-refractivity contribution in [3.63, 3.8) is 0 Å². The summed E-state index contributed by atoms with van der Waals surface area (Å²) in [5, 5.41) is 5.19. The van der Waals surface area contributed by atoms with E-state index in [9.17, 15) is 18.8 Å². The van der Waals surface area contributed by atoms with Crippen molar-refractivity contribution in [2.45, 2.75) is 13.3 Å². The van der Waals surface area contributed by atoms with Crippen molar-refractivity contribution in [1.29, 1.82) is 0 Å². The lowest BCUT2D eigenvalue weighted by Gasteiger charge is -2.18. The van der Waals surface area contributed by atoms with E-state index in [4.69, 9.17) is 23.2 Å². The molecular weight excluding hydrogens is 480 g/mol. The van der Waals surface area contributed by atoms with Crippen LogP contribution in [-0.2, 0) is 16.0 Å². The van der Waals surface area contributed by atoms with Gasteiger partial charge < -0.3 is 10.6 Å². The summed E-state index contributed by atoms with van der Waals surface area (Å²) in [5.41, 5.74) is 2.41. The van der Waals surface area contributed by atoms with E-state index in [1.807, 2.05) is 19.1 Å². The van der Waals surface area contributed by atoms with Gasteiger partial charge in [-0.3, -0.25) is 14.4 Å². The van der Waals surface area contributed by atoms with Gasteiger partial charge in [0.1, 0.15) is 16.5 Å². The summed E-state index contributed by atoms with van der Waals surface area (Å²) in [6, 6.07) is 17.2. The van der Waals surface area contributed by atoms with E-state index in [1.54, 1.807) is 24.3 Å². The van der Waals surface area contributed by atoms with Crippen molar-refractivity contribution >= 4 is 58.0 Å². The molecule has 0 saturated carbocycles. The normalized spacial score (nSPS) is 13.5. The van der Waals surface area contributed by atoms with E-state index in [1.165, 1.54) is 24.3 Å². The molecule has 0 fully saturated rings. The second-order valence-electron chi connectivity index (χ2n) is 7.40. The Morgan fingerprint density at radius 1 is 0.941 bits per heavy atom. The van der Waals surface area contributed by atoms with Crippen LogP contribution in [0.3, 0.4) is 0 Å². The molecule has 3 aromatic carbocycles. The van der Waals surface area contributed by atoms with Crippen LogP contribution in [-0.4, -0.2) is 17.7 Å². The van der Waals surface area contributed by atoms with Crippen LogP contribution >= 0.6 is 23.2 Å². The van der Waals surface area contributed by atoms with Crippen molar-refractivity contribution in [3.8, 4) is 0 Å². The molecule has 1 aliphatic heterocycles. The number of anilines is 3. The average Bonchev–Trinajstić information content (AvgIpc) is 3.04. The molecule has 1 heterocycles. The molecule has 0 bridgehead atoms. The van der Waals surface area contributed by atoms with Gasteiger partial charge in [0.2, 0.25) is 0 Å². The van der Waals surface area contributed by atoms with E-state index < -0.39 is 23.5 Å². The Labute approximate surface area is 205 Å². The fourth-order valence-electron chi connectivity index (χ4n) is 3.48. The highest BCUT2D eigenvalue weighted by atomic mass is 35.5. The smallest absolute Gasteiger partial charge is 0.283 e. The predicted octanol–water partition coefficient (Wildman–Crippen LogP) is 5.73. The molecule has 0 atom stereocenters. The first-order valence-electron chi connectivity index (χ1n) is 10.3. The standard InChI is InChI=1S/C25H18Cl2FN3O3/c1-2-14-5-3-4-6-20(14)31-24(33)21(27)22(25(31)34)29-16-9-7-15(8-10-16)23(32)30-17-11-12-19(28)18(26)13-17/h3-13,29H,2H2,1H3,(H,30,32). The summed E-state index contributed by atoms with van der Waals surface area (Å²) in [4.78, 5) is 39.3. The third-order valence-corrected chi connectivity index (χ3v) is 5.87. The van der Waals surface area contributed by atoms with Crippen LogP contribution in [0.15, 0.2) is 77.5 Å². The fourth-order valence-corrected chi connectivity index (χ4v) is 3.88. The first-order chi connectivity index (χ1) is 16.3. The zero-order valence-corrected chi connectivity index (χ0v) is 19.4. The maximum absolute atomic E-state index is 13.3. The topological polar surface area (TPSA) is 78.5 Å². The van der Waals surface area contributed by atoms with E-state index >= 15 is 0 Å². The highest BCUT2D eigenvalue weighted by molar-refractivity contribution is 6.53.